The maximum Gasteiger partial charge on any atom is 0.223 e. The lowest BCUT2D eigenvalue weighted by Crippen LogP contribution is -2.42. The van der Waals surface area contributed by atoms with Crippen LogP contribution in [0.4, 0.5) is 0 Å². The smallest absolute Gasteiger partial charge is 0.223 e. The van der Waals surface area contributed by atoms with Crippen molar-refractivity contribution >= 4 is 18.3 Å². The third kappa shape index (κ3) is 5.18. The predicted octanol–water partition coefficient (Wildman–Crippen LogP) is 2.65. The first kappa shape index (κ1) is 18.8. The number of methoxy groups -OCH3 is 1. The van der Waals surface area contributed by atoms with Gasteiger partial charge in [0, 0.05) is 25.6 Å². The molecule has 0 bridgehead atoms. The zero-order valence-corrected chi connectivity index (χ0v) is 14.3. The molecule has 1 aliphatic heterocycles. The first-order chi connectivity index (χ1) is 10.2. The zero-order chi connectivity index (χ0) is 15.1. The topological polar surface area (TPSA) is 41.6 Å². The first-order valence-corrected chi connectivity index (χ1v) is 7.87. The van der Waals surface area contributed by atoms with Crippen LogP contribution in [0.3, 0.4) is 0 Å². The van der Waals surface area contributed by atoms with Crippen LogP contribution < -0.4 is 10.1 Å². The van der Waals surface area contributed by atoms with Gasteiger partial charge >= 0.3 is 0 Å². The molecule has 0 saturated carbocycles. The van der Waals surface area contributed by atoms with Gasteiger partial charge in [0.1, 0.15) is 5.75 Å². The van der Waals surface area contributed by atoms with E-state index in [-0.39, 0.29) is 18.3 Å². The summed E-state index contributed by atoms with van der Waals surface area (Å²) in [7, 11) is 1.66. The quantitative estimate of drug-likeness (QED) is 0.837. The molecule has 0 aromatic heterocycles. The third-order valence-electron chi connectivity index (χ3n) is 4.05. The molecule has 1 aromatic rings. The van der Waals surface area contributed by atoms with E-state index < -0.39 is 0 Å². The standard InChI is InChI=1S/C17H26N2O2.ClH/c1-3-12-19(15-10-11-18-13-15)17(20)9-6-14-4-7-16(21-2)8-5-14;/h4-5,7-8,15,18H,3,6,9-13H2,1-2H3;1H. The van der Waals surface area contributed by atoms with Crippen molar-refractivity contribution in [3.63, 3.8) is 0 Å². The number of hydrogen-bond donors (Lipinski definition) is 1. The number of carbonyl (C=O) groups is 1. The molecule has 1 aliphatic rings. The van der Waals surface area contributed by atoms with Crippen molar-refractivity contribution in [3.8, 4) is 5.75 Å². The van der Waals surface area contributed by atoms with E-state index >= 15 is 0 Å². The number of aryl methyl sites for hydroxylation is 1. The van der Waals surface area contributed by atoms with Crippen molar-refractivity contribution in [2.75, 3.05) is 26.7 Å². The van der Waals surface area contributed by atoms with Crippen LogP contribution in [0.5, 0.6) is 5.75 Å². The second-order valence-electron chi connectivity index (χ2n) is 5.58. The normalized spacial score (nSPS) is 16.9. The summed E-state index contributed by atoms with van der Waals surface area (Å²) < 4.78 is 5.15. The van der Waals surface area contributed by atoms with Crippen LogP contribution in [0.1, 0.15) is 31.7 Å². The molecule has 22 heavy (non-hydrogen) atoms. The highest BCUT2D eigenvalue weighted by Crippen LogP contribution is 2.15. The Morgan fingerprint density at radius 2 is 2.09 bits per heavy atom. The summed E-state index contributed by atoms with van der Waals surface area (Å²) in [6, 6.07) is 8.35. The fraction of sp³-hybridized carbons (Fsp3) is 0.588. The Morgan fingerprint density at radius 1 is 1.36 bits per heavy atom. The van der Waals surface area contributed by atoms with Crippen molar-refractivity contribution in [2.24, 2.45) is 0 Å². The van der Waals surface area contributed by atoms with Crippen molar-refractivity contribution in [3.05, 3.63) is 29.8 Å². The molecular formula is C17H27ClN2O2. The highest BCUT2D eigenvalue weighted by atomic mass is 35.5. The fourth-order valence-electron chi connectivity index (χ4n) is 2.84. The molecule has 1 saturated heterocycles. The summed E-state index contributed by atoms with van der Waals surface area (Å²) in [5.41, 5.74) is 1.19. The lowest BCUT2D eigenvalue weighted by atomic mass is 10.1. The summed E-state index contributed by atoms with van der Waals surface area (Å²) in [4.78, 5) is 14.6. The lowest BCUT2D eigenvalue weighted by Gasteiger charge is -2.28. The second-order valence-corrected chi connectivity index (χ2v) is 5.58. The average molecular weight is 327 g/mol. The molecular weight excluding hydrogens is 300 g/mol. The molecule has 0 radical (unpaired) electrons. The minimum atomic E-state index is 0. The maximum atomic E-state index is 12.5. The summed E-state index contributed by atoms with van der Waals surface area (Å²) in [6.07, 6.45) is 3.48. The molecule has 124 valence electrons. The number of halogens is 1. The van der Waals surface area contributed by atoms with Gasteiger partial charge < -0.3 is 15.0 Å². The first-order valence-electron chi connectivity index (χ1n) is 7.87. The maximum absolute atomic E-state index is 12.5. The summed E-state index contributed by atoms with van der Waals surface area (Å²) in [5, 5.41) is 3.34. The lowest BCUT2D eigenvalue weighted by molar-refractivity contribution is -0.133. The molecule has 2 rings (SSSR count). The minimum absolute atomic E-state index is 0. The van der Waals surface area contributed by atoms with E-state index in [1.165, 1.54) is 5.56 Å². The van der Waals surface area contributed by atoms with Gasteiger partial charge in [-0.3, -0.25) is 4.79 Å². The Bertz CT molecular complexity index is 444. The molecule has 1 unspecified atom stereocenters. The van der Waals surface area contributed by atoms with Crippen LogP contribution in [0.25, 0.3) is 0 Å². The Hall–Kier alpha value is -1.26. The monoisotopic (exact) mass is 326 g/mol. The molecule has 1 heterocycles. The van der Waals surface area contributed by atoms with Gasteiger partial charge in [-0.25, -0.2) is 0 Å². The van der Waals surface area contributed by atoms with Crippen LogP contribution >= 0.6 is 12.4 Å². The molecule has 0 spiro atoms. The van der Waals surface area contributed by atoms with Gasteiger partial charge in [-0.1, -0.05) is 19.1 Å². The van der Waals surface area contributed by atoms with Gasteiger partial charge in [-0.05, 0) is 43.5 Å². The van der Waals surface area contributed by atoms with Gasteiger partial charge in [0.2, 0.25) is 5.91 Å². The van der Waals surface area contributed by atoms with Gasteiger partial charge in [0.05, 0.1) is 7.11 Å². The molecule has 1 amide bonds. The molecule has 4 nitrogen and oxygen atoms in total. The molecule has 1 aromatic carbocycles. The fourth-order valence-corrected chi connectivity index (χ4v) is 2.84. The second kappa shape index (κ2) is 9.70. The largest absolute Gasteiger partial charge is 0.497 e. The van der Waals surface area contributed by atoms with E-state index in [1.54, 1.807) is 7.11 Å². The molecule has 1 atom stereocenters. The van der Waals surface area contributed by atoms with Crippen molar-refractivity contribution in [1.82, 2.24) is 10.2 Å². The molecule has 0 aliphatic carbocycles. The van der Waals surface area contributed by atoms with Crippen molar-refractivity contribution in [1.29, 1.82) is 0 Å². The Labute approximate surface area is 139 Å². The van der Waals surface area contributed by atoms with Gasteiger partial charge in [-0.15, -0.1) is 12.4 Å². The number of carbonyl (C=O) groups excluding carboxylic acids is 1. The molecule has 1 N–H and O–H groups in total. The van der Waals surface area contributed by atoms with Crippen molar-refractivity contribution < 1.29 is 9.53 Å². The number of hydrogen-bond acceptors (Lipinski definition) is 3. The third-order valence-corrected chi connectivity index (χ3v) is 4.05. The van der Waals surface area contributed by atoms with Crippen molar-refractivity contribution in [2.45, 2.75) is 38.6 Å². The van der Waals surface area contributed by atoms with E-state index in [4.69, 9.17) is 4.74 Å². The van der Waals surface area contributed by atoms with E-state index in [2.05, 4.69) is 17.1 Å². The van der Waals surface area contributed by atoms with Gasteiger partial charge in [0.15, 0.2) is 0 Å². The summed E-state index contributed by atoms with van der Waals surface area (Å²) in [5.74, 6) is 1.14. The van der Waals surface area contributed by atoms with Crippen LogP contribution in [-0.4, -0.2) is 43.6 Å². The van der Waals surface area contributed by atoms with E-state index in [0.29, 0.717) is 12.5 Å². The molecule has 1 fully saturated rings. The van der Waals surface area contributed by atoms with Crippen LogP contribution in [0.15, 0.2) is 24.3 Å². The van der Waals surface area contributed by atoms with Gasteiger partial charge in [-0.2, -0.15) is 0 Å². The predicted molar refractivity (Wildman–Crippen MR) is 91.8 cm³/mol. The number of benzene rings is 1. The highest BCUT2D eigenvalue weighted by Gasteiger charge is 2.25. The summed E-state index contributed by atoms with van der Waals surface area (Å²) >= 11 is 0. The number of ether oxygens (including phenoxy) is 1. The van der Waals surface area contributed by atoms with E-state index in [0.717, 1.165) is 44.6 Å². The average Bonchev–Trinajstić information content (AvgIpc) is 3.04. The molecule has 5 heteroatoms. The Morgan fingerprint density at radius 3 is 2.64 bits per heavy atom. The van der Waals surface area contributed by atoms with E-state index in [9.17, 15) is 4.79 Å². The van der Waals surface area contributed by atoms with E-state index in [1.807, 2.05) is 24.3 Å². The van der Waals surface area contributed by atoms with Crippen LogP contribution in [0.2, 0.25) is 0 Å². The Kier molecular flexibility index (Phi) is 8.28. The minimum Gasteiger partial charge on any atom is -0.497 e. The zero-order valence-electron chi connectivity index (χ0n) is 13.5. The Balaban J connectivity index is 0.00000242. The number of nitrogens with zero attached hydrogens (tertiary/aromatic N) is 1. The van der Waals surface area contributed by atoms with Crippen LogP contribution in [-0.2, 0) is 11.2 Å². The highest BCUT2D eigenvalue weighted by molar-refractivity contribution is 5.85. The number of nitrogens with one attached hydrogen (secondary N) is 1. The summed E-state index contributed by atoms with van der Waals surface area (Å²) in [6.45, 7) is 4.96. The van der Waals surface area contributed by atoms with Crippen LogP contribution in [0, 0.1) is 0 Å². The number of rotatable bonds is 7. The SMILES string of the molecule is CCCN(C(=O)CCc1ccc(OC)cc1)C1CCNC1.Cl. The number of amides is 1. The van der Waals surface area contributed by atoms with Gasteiger partial charge in [0.25, 0.3) is 0 Å².